The Morgan fingerprint density at radius 1 is 1.12 bits per heavy atom. The van der Waals surface area contributed by atoms with E-state index in [-0.39, 0.29) is 28.0 Å². The maximum absolute atomic E-state index is 13.7. The molecule has 26 heavy (non-hydrogen) atoms. The van der Waals surface area contributed by atoms with Crippen LogP contribution in [-0.4, -0.2) is 25.7 Å². The van der Waals surface area contributed by atoms with Crippen molar-refractivity contribution in [2.45, 2.75) is 18.3 Å². The number of amides is 1. The largest absolute Gasteiger partial charge is 0.381 e. The summed E-state index contributed by atoms with van der Waals surface area (Å²) in [4.78, 5) is 12.5. The van der Waals surface area contributed by atoms with Crippen molar-refractivity contribution in [1.82, 2.24) is 5.32 Å². The van der Waals surface area contributed by atoms with E-state index < -0.39 is 17.1 Å². The Hall–Kier alpha value is -1.69. The Kier molecular flexibility index (Phi) is 5.80. The van der Waals surface area contributed by atoms with E-state index in [1.807, 2.05) is 6.07 Å². The fourth-order valence-corrected chi connectivity index (χ4v) is 3.66. The summed E-state index contributed by atoms with van der Waals surface area (Å²) >= 11 is 11.7. The summed E-state index contributed by atoms with van der Waals surface area (Å²) in [6, 6.07) is 8.56. The van der Waals surface area contributed by atoms with Crippen LogP contribution in [0, 0.1) is 11.6 Å². The molecule has 3 nitrogen and oxygen atoms in total. The van der Waals surface area contributed by atoms with Gasteiger partial charge in [-0.15, -0.1) is 0 Å². The Labute approximate surface area is 160 Å². The van der Waals surface area contributed by atoms with Gasteiger partial charge in [0.25, 0.3) is 5.91 Å². The topological polar surface area (TPSA) is 38.3 Å². The first-order valence-electron chi connectivity index (χ1n) is 8.18. The van der Waals surface area contributed by atoms with Crippen LogP contribution in [0.5, 0.6) is 0 Å². The highest BCUT2D eigenvalue weighted by molar-refractivity contribution is 6.36. The molecule has 3 rings (SSSR count). The van der Waals surface area contributed by atoms with E-state index in [0.29, 0.717) is 26.1 Å². The molecule has 2 aromatic rings. The van der Waals surface area contributed by atoms with Gasteiger partial charge in [0.1, 0.15) is 11.6 Å². The third-order valence-corrected chi connectivity index (χ3v) is 5.33. The normalized spacial score (nSPS) is 16.3. The quantitative estimate of drug-likeness (QED) is 0.753. The van der Waals surface area contributed by atoms with Crippen molar-refractivity contribution in [3.05, 3.63) is 69.2 Å². The molecular weight excluding hydrogens is 383 g/mol. The number of nitrogens with one attached hydrogen (secondary N) is 1. The van der Waals surface area contributed by atoms with Gasteiger partial charge < -0.3 is 10.1 Å². The van der Waals surface area contributed by atoms with E-state index in [2.05, 4.69) is 5.32 Å². The maximum atomic E-state index is 13.7. The Balaban J connectivity index is 1.82. The first kappa shape index (κ1) is 19.1. The molecule has 7 heteroatoms. The molecule has 0 saturated carbocycles. The molecular formula is C19H17Cl2F2NO2. The fraction of sp³-hybridized carbons (Fsp3) is 0.316. The van der Waals surface area contributed by atoms with Crippen molar-refractivity contribution in [3.63, 3.8) is 0 Å². The van der Waals surface area contributed by atoms with Gasteiger partial charge in [0.15, 0.2) is 0 Å². The number of hydrogen-bond acceptors (Lipinski definition) is 2. The van der Waals surface area contributed by atoms with Crippen LogP contribution in [0.15, 0.2) is 36.4 Å². The second kappa shape index (κ2) is 7.91. The van der Waals surface area contributed by atoms with Gasteiger partial charge in [-0.25, -0.2) is 8.78 Å². The molecule has 2 aromatic carbocycles. The Bertz CT molecular complexity index is 823. The minimum Gasteiger partial charge on any atom is -0.381 e. The monoisotopic (exact) mass is 399 g/mol. The average molecular weight is 400 g/mol. The van der Waals surface area contributed by atoms with Gasteiger partial charge in [-0.05, 0) is 42.7 Å². The van der Waals surface area contributed by atoms with Gasteiger partial charge in [-0.3, -0.25) is 4.79 Å². The zero-order valence-corrected chi connectivity index (χ0v) is 15.3. The molecule has 0 aliphatic carbocycles. The third-order valence-electron chi connectivity index (χ3n) is 4.73. The average Bonchev–Trinajstić information content (AvgIpc) is 2.63. The lowest BCUT2D eigenvalue weighted by molar-refractivity contribution is 0.0486. The van der Waals surface area contributed by atoms with Gasteiger partial charge >= 0.3 is 0 Å². The molecule has 0 unspecified atom stereocenters. The molecule has 0 atom stereocenters. The lowest BCUT2D eigenvalue weighted by atomic mass is 9.74. The van der Waals surface area contributed by atoms with Crippen LogP contribution in [0.4, 0.5) is 8.78 Å². The van der Waals surface area contributed by atoms with E-state index in [1.165, 1.54) is 18.2 Å². The first-order valence-corrected chi connectivity index (χ1v) is 8.93. The molecule has 0 spiro atoms. The zero-order chi connectivity index (χ0) is 18.7. The smallest absolute Gasteiger partial charge is 0.252 e. The standard InChI is InChI=1S/C19H17Cl2F2NO2/c20-15-10-16(21)17(23)9-14(15)18(25)24-11-19(4-6-26-7-5-19)12-2-1-3-13(22)8-12/h1-3,8-10H,4-7,11H2,(H,24,25). The summed E-state index contributed by atoms with van der Waals surface area (Å²) in [6.07, 6.45) is 1.28. The van der Waals surface area contributed by atoms with Crippen LogP contribution in [-0.2, 0) is 10.2 Å². The van der Waals surface area contributed by atoms with E-state index >= 15 is 0 Å². The Morgan fingerprint density at radius 3 is 2.54 bits per heavy atom. The van der Waals surface area contributed by atoms with Crippen molar-refractivity contribution in [2.24, 2.45) is 0 Å². The number of carbonyl (C=O) groups excluding carboxylic acids is 1. The van der Waals surface area contributed by atoms with Crippen molar-refractivity contribution in [1.29, 1.82) is 0 Å². The lowest BCUT2D eigenvalue weighted by Crippen LogP contribution is -2.44. The summed E-state index contributed by atoms with van der Waals surface area (Å²) in [7, 11) is 0. The third kappa shape index (κ3) is 4.00. The molecule has 0 bridgehead atoms. The molecule has 0 radical (unpaired) electrons. The maximum Gasteiger partial charge on any atom is 0.252 e. The summed E-state index contributed by atoms with van der Waals surface area (Å²) < 4.78 is 32.8. The predicted molar refractivity (Wildman–Crippen MR) is 96.9 cm³/mol. The van der Waals surface area contributed by atoms with Gasteiger partial charge in [0.2, 0.25) is 0 Å². The minimum atomic E-state index is -0.716. The van der Waals surface area contributed by atoms with Crippen LogP contribution in [0.3, 0.4) is 0 Å². The molecule has 1 aliphatic rings. The number of ether oxygens (including phenoxy) is 1. The van der Waals surface area contributed by atoms with Gasteiger partial charge in [-0.2, -0.15) is 0 Å². The fourth-order valence-electron chi connectivity index (χ4n) is 3.19. The van der Waals surface area contributed by atoms with Crippen molar-refractivity contribution in [3.8, 4) is 0 Å². The second-order valence-corrected chi connectivity index (χ2v) is 7.15. The molecule has 1 saturated heterocycles. The van der Waals surface area contributed by atoms with Crippen LogP contribution in [0.25, 0.3) is 0 Å². The van der Waals surface area contributed by atoms with Crippen LogP contribution < -0.4 is 5.32 Å². The van der Waals surface area contributed by atoms with Gasteiger partial charge in [0.05, 0.1) is 15.6 Å². The number of carbonyl (C=O) groups is 1. The second-order valence-electron chi connectivity index (χ2n) is 6.33. The van der Waals surface area contributed by atoms with E-state index in [1.54, 1.807) is 6.07 Å². The molecule has 1 fully saturated rings. The van der Waals surface area contributed by atoms with Gasteiger partial charge in [0, 0.05) is 25.2 Å². The highest BCUT2D eigenvalue weighted by Gasteiger charge is 2.35. The summed E-state index contributed by atoms with van der Waals surface area (Å²) in [6.45, 7) is 1.30. The molecule has 1 amide bonds. The van der Waals surface area contributed by atoms with Crippen LogP contribution >= 0.6 is 23.2 Å². The van der Waals surface area contributed by atoms with Crippen LogP contribution in [0.2, 0.25) is 10.0 Å². The van der Waals surface area contributed by atoms with E-state index in [9.17, 15) is 13.6 Å². The lowest BCUT2D eigenvalue weighted by Gasteiger charge is -2.38. The Morgan fingerprint density at radius 2 is 1.85 bits per heavy atom. The first-order chi connectivity index (χ1) is 12.4. The minimum absolute atomic E-state index is 0.00928. The van der Waals surface area contributed by atoms with Crippen LogP contribution in [0.1, 0.15) is 28.8 Å². The van der Waals surface area contributed by atoms with Crippen molar-refractivity contribution in [2.75, 3.05) is 19.8 Å². The number of halogens is 4. The predicted octanol–water partition coefficient (Wildman–Crippen LogP) is 4.75. The highest BCUT2D eigenvalue weighted by Crippen LogP contribution is 2.35. The van der Waals surface area contributed by atoms with E-state index in [0.717, 1.165) is 11.6 Å². The SMILES string of the molecule is O=C(NCC1(c2cccc(F)c2)CCOCC1)c1cc(F)c(Cl)cc1Cl. The number of benzene rings is 2. The van der Waals surface area contributed by atoms with Crippen molar-refractivity contribution >= 4 is 29.1 Å². The van der Waals surface area contributed by atoms with Crippen molar-refractivity contribution < 1.29 is 18.3 Å². The zero-order valence-electron chi connectivity index (χ0n) is 13.8. The highest BCUT2D eigenvalue weighted by atomic mass is 35.5. The van der Waals surface area contributed by atoms with E-state index in [4.69, 9.17) is 27.9 Å². The molecule has 0 aromatic heterocycles. The number of rotatable bonds is 4. The van der Waals surface area contributed by atoms with Gasteiger partial charge in [-0.1, -0.05) is 35.3 Å². The molecule has 138 valence electrons. The summed E-state index contributed by atoms with van der Waals surface area (Å²) in [5.41, 5.74) is 0.359. The molecule has 1 N–H and O–H groups in total. The summed E-state index contributed by atoms with van der Waals surface area (Å²) in [5.74, 6) is -1.55. The summed E-state index contributed by atoms with van der Waals surface area (Å²) in [5, 5.41) is 2.73. The molecule has 1 heterocycles. The molecule has 1 aliphatic heterocycles. The number of hydrogen-bond donors (Lipinski definition) is 1.